The van der Waals surface area contributed by atoms with Crippen molar-refractivity contribution in [2.24, 2.45) is 0 Å². The van der Waals surface area contributed by atoms with Crippen LogP contribution in [0.25, 0.3) is 11.3 Å². The molecular formula is C15H16N2O2. The number of aromatic nitrogens is 2. The summed E-state index contributed by atoms with van der Waals surface area (Å²) in [5.74, 6) is 2.74. The van der Waals surface area contributed by atoms with Crippen LogP contribution in [-0.2, 0) is 0 Å². The van der Waals surface area contributed by atoms with Gasteiger partial charge in [0.2, 0.25) is 6.79 Å². The maximum absolute atomic E-state index is 5.40. The van der Waals surface area contributed by atoms with E-state index in [0.717, 1.165) is 34.3 Å². The van der Waals surface area contributed by atoms with Gasteiger partial charge in [-0.3, -0.25) is 0 Å². The van der Waals surface area contributed by atoms with Crippen molar-refractivity contribution in [3.63, 3.8) is 0 Å². The first-order valence-electron chi connectivity index (χ1n) is 6.39. The van der Waals surface area contributed by atoms with E-state index in [1.54, 1.807) is 0 Å². The molecule has 0 saturated heterocycles. The van der Waals surface area contributed by atoms with Crippen LogP contribution < -0.4 is 9.47 Å². The summed E-state index contributed by atoms with van der Waals surface area (Å²) >= 11 is 0. The number of hydrogen-bond acceptors (Lipinski definition) is 4. The summed E-state index contributed by atoms with van der Waals surface area (Å²) in [7, 11) is 0. The lowest BCUT2D eigenvalue weighted by atomic mass is 10.1. The van der Waals surface area contributed by atoms with Crippen molar-refractivity contribution in [2.45, 2.75) is 26.7 Å². The first-order chi connectivity index (χ1) is 9.13. The van der Waals surface area contributed by atoms with Gasteiger partial charge in [-0.05, 0) is 37.1 Å². The van der Waals surface area contributed by atoms with Crippen LogP contribution in [0.4, 0.5) is 0 Å². The molecule has 0 unspecified atom stereocenters. The summed E-state index contributed by atoms with van der Waals surface area (Å²) in [4.78, 5) is 8.97. The predicted octanol–water partition coefficient (Wildman–Crippen LogP) is 3.30. The fourth-order valence-electron chi connectivity index (χ4n) is 2.09. The second-order valence-electron chi connectivity index (χ2n) is 4.95. The highest BCUT2D eigenvalue weighted by Crippen LogP contribution is 2.35. The number of ether oxygens (including phenoxy) is 2. The van der Waals surface area contributed by atoms with E-state index in [1.807, 2.05) is 31.2 Å². The molecule has 0 saturated carbocycles. The summed E-state index contributed by atoms with van der Waals surface area (Å²) in [5.41, 5.74) is 3.01. The van der Waals surface area contributed by atoms with Gasteiger partial charge in [0.25, 0.3) is 0 Å². The van der Waals surface area contributed by atoms with Crippen LogP contribution >= 0.6 is 0 Å². The average molecular weight is 256 g/mol. The highest BCUT2D eigenvalue weighted by molar-refractivity contribution is 5.64. The number of benzene rings is 1. The molecule has 4 nitrogen and oxygen atoms in total. The van der Waals surface area contributed by atoms with Gasteiger partial charge >= 0.3 is 0 Å². The van der Waals surface area contributed by atoms with Crippen LogP contribution in [0.3, 0.4) is 0 Å². The maximum Gasteiger partial charge on any atom is 0.231 e. The van der Waals surface area contributed by atoms with E-state index >= 15 is 0 Å². The Bertz CT molecular complexity index is 624. The number of hydrogen-bond donors (Lipinski definition) is 0. The zero-order valence-corrected chi connectivity index (χ0v) is 11.3. The van der Waals surface area contributed by atoms with Gasteiger partial charge in [-0.1, -0.05) is 13.8 Å². The van der Waals surface area contributed by atoms with Crippen LogP contribution in [0, 0.1) is 6.92 Å². The molecule has 0 fully saturated rings. The van der Waals surface area contributed by atoms with Gasteiger partial charge in [0.1, 0.15) is 5.82 Å². The first-order valence-corrected chi connectivity index (χ1v) is 6.39. The van der Waals surface area contributed by atoms with Crippen molar-refractivity contribution in [2.75, 3.05) is 6.79 Å². The number of fused-ring (bicyclic) bond motifs is 1. The van der Waals surface area contributed by atoms with Gasteiger partial charge in [-0.15, -0.1) is 0 Å². The van der Waals surface area contributed by atoms with Gasteiger partial charge in [0.05, 0.1) is 5.69 Å². The maximum atomic E-state index is 5.40. The molecule has 2 heterocycles. The van der Waals surface area contributed by atoms with E-state index in [1.165, 1.54) is 0 Å². The molecule has 0 N–H and O–H groups in total. The van der Waals surface area contributed by atoms with Crippen molar-refractivity contribution in [3.05, 3.63) is 35.8 Å². The number of aryl methyl sites for hydroxylation is 1. The zero-order valence-electron chi connectivity index (χ0n) is 11.3. The van der Waals surface area contributed by atoms with Crippen molar-refractivity contribution in [1.29, 1.82) is 0 Å². The van der Waals surface area contributed by atoms with Crippen LogP contribution in [0.5, 0.6) is 11.5 Å². The minimum Gasteiger partial charge on any atom is -0.454 e. The molecule has 0 spiro atoms. The molecule has 1 aliphatic heterocycles. The molecule has 1 aromatic heterocycles. The summed E-state index contributed by atoms with van der Waals surface area (Å²) in [5, 5.41) is 0. The SMILES string of the molecule is Cc1nc(-c2ccc3c(c2)OCO3)cc(C(C)C)n1. The third-order valence-corrected chi connectivity index (χ3v) is 3.12. The van der Waals surface area contributed by atoms with Crippen molar-refractivity contribution in [1.82, 2.24) is 9.97 Å². The lowest BCUT2D eigenvalue weighted by Gasteiger charge is -2.09. The Morgan fingerprint density at radius 2 is 1.84 bits per heavy atom. The molecule has 1 aromatic carbocycles. The molecule has 0 amide bonds. The van der Waals surface area contributed by atoms with E-state index in [0.29, 0.717) is 12.7 Å². The van der Waals surface area contributed by atoms with Crippen LogP contribution in [-0.4, -0.2) is 16.8 Å². The molecule has 98 valence electrons. The summed E-state index contributed by atoms with van der Waals surface area (Å²) < 4.78 is 10.7. The van der Waals surface area contributed by atoms with E-state index in [9.17, 15) is 0 Å². The van der Waals surface area contributed by atoms with Crippen LogP contribution in [0.15, 0.2) is 24.3 Å². The summed E-state index contributed by atoms with van der Waals surface area (Å²) in [6, 6.07) is 7.92. The lowest BCUT2D eigenvalue weighted by Crippen LogP contribution is -1.99. The van der Waals surface area contributed by atoms with Crippen LogP contribution in [0.2, 0.25) is 0 Å². The molecule has 3 rings (SSSR count). The predicted molar refractivity (Wildman–Crippen MR) is 72.4 cm³/mol. The second kappa shape index (κ2) is 4.53. The molecule has 0 radical (unpaired) electrons. The Morgan fingerprint density at radius 1 is 1.05 bits per heavy atom. The van der Waals surface area contributed by atoms with E-state index in [2.05, 4.69) is 23.8 Å². The second-order valence-corrected chi connectivity index (χ2v) is 4.95. The van der Waals surface area contributed by atoms with Crippen molar-refractivity contribution >= 4 is 0 Å². The van der Waals surface area contributed by atoms with Crippen molar-refractivity contribution < 1.29 is 9.47 Å². The molecular weight excluding hydrogens is 240 g/mol. The Hall–Kier alpha value is -2.10. The fourth-order valence-corrected chi connectivity index (χ4v) is 2.09. The Labute approximate surface area is 112 Å². The highest BCUT2D eigenvalue weighted by atomic mass is 16.7. The third kappa shape index (κ3) is 2.26. The van der Waals surface area contributed by atoms with Crippen molar-refractivity contribution in [3.8, 4) is 22.8 Å². The standard InChI is InChI=1S/C15H16N2O2/c1-9(2)12-7-13(17-10(3)16-12)11-4-5-14-15(6-11)19-8-18-14/h4-7,9H,8H2,1-3H3. The topological polar surface area (TPSA) is 44.2 Å². The Morgan fingerprint density at radius 3 is 2.63 bits per heavy atom. The minimum atomic E-state index is 0.291. The summed E-state index contributed by atoms with van der Waals surface area (Å²) in [6.45, 7) is 6.47. The molecule has 4 heteroatoms. The van der Waals surface area contributed by atoms with Gasteiger partial charge < -0.3 is 9.47 Å². The quantitative estimate of drug-likeness (QED) is 0.827. The summed E-state index contributed by atoms with van der Waals surface area (Å²) in [6.07, 6.45) is 0. The Kier molecular flexibility index (Phi) is 2.85. The van der Waals surface area contributed by atoms with E-state index < -0.39 is 0 Å². The van der Waals surface area contributed by atoms with Gasteiger partial charge in [-0.2, -0.15) is 0 Å². The fraction of sp³-hybridized carbons (Fsp3) is 0.333. The molecule has 1 aliphatic rings. The number of rotatable bonds is 2. The monoisotopic (exact) mass is 256 g/mol. The molecule has 19 heavy (non-hydrogen) atoms. The first kappa shape index (κ1) is 12.0. The molecule has 0 bridgehead atoms. The minimum absolute atomic E-state index is 0.291. The third-order valence-electron chi connectivity index (χ3n) is 3.12. The lowest BCUT2D eigenvalue weighted by molar-refractivity contribution is 0.174. The molecule has 0 atom stereocenters. The molecule has 0 aliphatic carbocycles. The van der Waals surface area contributed by atoms with Crippen LogP contribution in [0.1, 0.15) is 31.3 Å². The largest absolute Gasteiger partial charge is 0.454 e. The van der Waals surface area contributed by atoms with Gasteiger partial charge in [0.15, 0.2) is 11.5 Å². The number of nitrogens with zero attached hydrogens (tertiary/aromatic N) is 2. The molecule has 2 aromatic rings. The van der Waals surface area contributed by atoms with E-state index in [4.69, 9.17) is 9.47 Å². The Balaban J connectivity index is 2.06. The normalized spacial score (nSPS) is 13.1. The van der Waals surface area contributed by atoms with E-state index in [-0.39, 0.29) is 0 Å². The zero-order chi connectivity index (χ0) is 13.4. The highest BCUT2D eigenvalue weighted by Gasteiger charge is 2.15. The van der Waals surface area contributed by atoms with Gasteiger partial charge in [-0.25, -0.2) is 9.97 Å². The van der Waals surface area contributed by atoms with Gasteiger partial charge in [0, 0.05) is 11.3 Å². The average Bonchev–Trinajstić information content (AvgIpc) is 2.85. The smallest absolute Gasteiger partial charge is 0.231 e.